The number of carboxylic acid groups (broad SMARTS) is 2. The number of aliphatic carboxylic acids is 2. The molecular formula is C10H12N2O4. The van der Waals surface area contributed by atoms with Gasteiger partial charge in [0.15, 0.2) is 0 Å². The smallest absolute Gasteiger partial charge is 0.309 e. The predicted molar refractivity (Wildman–Crippen MR) is 53.9 cm³/mol. The lowest BCUT2D eigenvalue weighted by atomic mass is 10.2. The largest absolute Gasteiger partial charge is 0.550 e. The Morgan fingerprint density at radius 3 is 2.00 bits per heavy atom. The molecule has 0 bridgehead atoms. The van der Waals surface area contributed by atoms with Crippen LogP contribution < -0.4 is 16.2 Å². The molecule has 0 aromatic heterocycles. The summed E-state index contributed by atoms with van der Waals surface area (Å²) in [6.45, 7) is 0. The van der Waals surface area contributed by atoms with E-state index in [1.54, 1.807) is 0 Å². The zero-order valence-corrected chi connectivity index (χ0v) is 8.42. The van der Waals surface area contributed by atoms with Crippen molar-refractivity contribution >= 4 is 17.8 Å². The number of benzene rings is 1. The number of carbonyl (C=O) groups excluding carboxylic acids is 1. The Balaban J connectivity index is 0.000000293. The standard InChI is InChI=1S/C7H8N2.C3H4O4/c8-7(9)6-4-2-1-3-5-6;4-2(5)1-3(6)7/h1-5H,(H3,8,9);1H2,(H,4,5)(H,6,7). The molecule has 0 heterocycles. The molecule has 0 atom stereocenters. The number of nitrogens with two attached hydrogens (primary N) is 2. The van der Waals surface area contributed by atoms with Crippen LogP contribution in [0.1, 0.15) is 12.0 Å². The van der Waals surface area contributed by atoms with Crippen molar-refractivity contribution in [3.8, 4) is 0 Å². The van der Waals surface area contributed by atoms with E-state index in [4.69, 9.17) is 16.2 Å². The molecule has 0 aliphatic heterocycles. The molecule has 1 aromatic rings. The third-order valence-corrected chi connectivity index (χ3v) is 1.40. The highest BCUT2D eigenvalue weighted by Gasteiger charge is 1.95. The number of rotatable bonds is 3. The zero-order valence-electron chi connectivity index (χ0n) is 8.42. The van der Waals surface area contributed by atoms with Gasteiger partial charge in [-0.05, 0) is 12.1 Å². The number of hydrogen-bond donors (Lipinski definition) is 3. The van der Waals surface area contributed by atoms with Crippen molar-refractivity contribution in [2.24, 2.45) is 5.73 Å². The van der Waals surface area contributed by atoms with E-state index in [-0.39, 0.29) is 0 Å². The Labute approximate surface area is 91.8 Å². The van der Waals surface area contributed by atoms with Gasteiger partial charge in [0.1, 0.15) is 0 Å². The maximum Gasteiger partial charge on any atom is 0.309 e. The van der Waals surface area contributed by atoms with Gasteiger partial charge in [-0.25, -0.2) is 0 Å². The normalized spacial score (nSPS) is 8.50. The van der Waals surface area contributed by atoms with Crippen molar-refractivity contribution in [1.29, 1.82) is 0 Å². The van der Waals surface area contributed by atoms with Crippen LogP contribution in [0, 0.1) is 0 Å². The fourth-order valence-corrected chi connectivity index (χ4v) is 0.754. The topological polar surface area (TPSA) is 129 Å². The zero-order chi connectivity index (χ0) is 12.6. The fourth-order valence-electron chi connectivity index (χ4n) is 0.754. The summed E-state index contributed by atoms with van der Waals surface area (Å²) < 4.78 is 0. The maximum atomic E-state index is 9.39. The average Bonchev–Trinajstić information content (AvgIpc) is 2.17. The number of amidine groups is 1. The molecule has 86 valence electrons. The molecule has 1 aromatic carbocycles. The lowest BCUT2D eigenvalue weighted by Crippen LogP contribution is -2.46. The minimum absolute atomic E-state index is 0.371. The van der Waals surface area contributed by atoms with Crippen LogP contribution in [-0.2, 0) is 9.59 Å². The first-order valence-corrected chi connectivity index (χ1v) is 4.28. The predicted octanol–water partition coefficient (Wildman–Crippen LogP) is -2.64. The maximum absolute atomic E-state index is 9.39. The molecule has 0 radical (unpaired) electrons. The van der Waals surface area contributed by atoms with Gasteiger partial charge in [-0.2, -0.15) is 0 Å². The van der Waals surface area contributed by atoms with Gasteiger partial charge >= 0.3 is 5.97 Å². The molecule has 0 saturated carbocycles. The molecule has 6 heteroatoms. The van der Waals surface area contributed by atoms with E-state index < -0.39 is 18.4 Å². The number of carboxylic acids is 2. The Morgan fingerprint density at radius 1 is 1.31 bits per heavy atom. The van der Waals surface area contributed by atoms with Crippen LogP contribution in [0.15, 0.2) is 30.3 Å². The van der Waals surface area contributed by atoms with Gasteiger partial charge in [-0.3, -0.25) is 15.9 Å². The second-order valence-electron chi connectivity index (χ2n) is 2.76. The molecule has 5 N–H and O–H groups in total. The van der Waals surface area contributed by atoms with Gasteiger partial charge < -0.3 is 15.0 Å². The minimum Gasteiger partial charge on any atom is -0.550 e. The molecule has 0 aliphatic carbocycles. The first-order valence-electron chi connectivity index (χ1n) is 4.28. The van der Waals surface area contributed by atoms with Crippen molar-refractivity contribution in [2.75, 3.05) is 0 Å². The summed E-state index contributed by atoms with van der Waals surface area (Å²) >= 11 is 0. The number of hydrogen-bond acceptors (Lipinski definition) is 3. The van der Waals surface area contributed by atoms with Crippen LogP contribution in [-0.4, -0.2) is 22.9 Å². The van der Waals surface area contributed by atoms with Gasteiger partial charge in [-0.15, -0.1) is 0 Å². The van der Waals surface area contributed by atoms with Gasteiger partial charge in [0.05, 0.1) is 18.0 Å². The minimum atomic E-state index is -1.56. The molecular weight excluding hydrogens is 212 g/mol. The fraction of sp³-hybridized carbons (Fsp3) is 0.100. The van der Waals surface area contributed by atoms with Crippen molar-refractivity contribution in [3.63, 3.8) is 0 Å². The number of carbonyl (C=O) groups is 2. The summed E-state index contributed by atoms with van der Waals surface area (Å²) in [6, 6.07) is 9.46. The highest BCUT2D eigenvalue weighted by atomic mass is 16.4. The second kappa shape index (κ2) is 6.99. The Kier molecular flexibility index (Phi) is 5.96. The van der Waals surface area contributed by atoms with E-state index in [1.807, 2.05) is 30.3 Å². The molecule has 0 saturated heterocycles. The second-order valence-corrected chi connectivity index (χ2v) is 2.76. The third kappa shape index (κ3) is 7.07. The van der Waals surface area contributed by atoms with Crippen LogP contribution in [0.3, 0.4) is 0 Å². The Morgan fingerprint density at radius 2 is 1.81 bits per heavy atom. The molecule has 6 nitrogen and oxygen atoms in total. The van der Waals surface area contributed by atoms with Gasteiger partial charge in [0, 0.05) is 0 Å². The molecule has 0 amide bonds. The van der Waals surface area contributed by atoms with Crippen molar-refractivity contribution < 1.29 is 25.2 Å². The monoisotopic (exact) mass is 224 g/mol. The SMILES string of the molecule is NC(=[NH2+])c1ccccc1.O=C([O-])CC(=O)O. The van der Waals surface area contributed by atoms with Crippen LogP contribution in [0.5, 0.6) is 0 Å². The summed E-state index contributed by atoms with van der Waals surface area (Å²) in [6.07, 6.45) is -0.917. The van der Waals surface area contributed by atoms with Crippen LogP contribution in [0.2, 0.25) is 0 Å². The van der Waals surface area contributed by atoms with E-state index in [0.717, 1.165) is 5.56 Å². The Bertz CT molecular complexity index is 364. The molecule has 0 unspecified atom stereocenters. The van der Waals surface area contributed by atoms with Gasteiger partial charge in [0.2, 0.25) is 0 Å². The lowest BCUT2D eigenvalue weighted by molar-refractivity contribution is -0.305. The molecule has 16 heavy (non-hydrogen) atoms. The van der Waals surface area contributed by atoms with E-state index >= 15 is 0 Å². The van der Waals surface area contributed by atoms with E-state index in [1.165, 1.54) is 0 Å². The van der Waals surface area contributed by atoms with Crippen molar-refractivity contribution in [2.45, 2.75) is 6.42 Å². The molecule has 0 aliphatic rings. The summed E-state index contributed by atoms with van der Waals surface area (Å²) in [5, 5.41) is 22.3. The van der Waals surface area contributed by atoms with Gasteiger partial charge in [-0.1, -0.05) is 18.2 Å². The Hall–Kier alpha value is -2.37. The van der Waals surface area contributed by atoms with E-state index in [9.17, 15) is 14.7 Å². The highest BCUT2D eigenvalue weighted by Crippen LogP contribution is 1.93. The van der Waals surface area contributed by atoms with Crippen LogP contribution in [0.25, 0.3) is 0 Å². The van der Waals surface area contributed by atoms with Crippen LogP contribution >= 0.6 is 0 Å². The van der Waals surface area contributed by atoms with Crippen LogP contribution in [0.4, 0.5) is 0 Å². The summed E-state index contributed by atoms with van der Waals surface area (Å²) in [5.74, 6) is -2.57. The van der Waals surface area contributed by atoms with E-state index in [2.05, 4.69) is 0 Å². The molecule has 0 fully saturated rings. The highest BCUT2D eigenvalue weighted by molar-refractivity contribution is 5.92. The first kappa shape index (κ1) is 13.6. The quantitative estimate of drug-likeness (QED) is 0.293. The molecule has 0 spiro atoms. The summed E-state index contributed by atoms with van der Waals surface area (Å²) in [4.78, 5) is 18.7. The molecule has 1 rings (SSSR count). The third-order valence-electron chi connectivity index (χ3n) is 1.40. The average molecular weight is 224 g/mol. The lowest BCUT2D eigenvalue weighted by Gasteiger charge is -1.91. The van der Waals surface area contributed by atoms with Crippen molar-refractivity contribution in [3.05, 3.63) is 35.9 Å². The van der Waals surface area contributed by atoms with Gasteiger partial charge in [0.25, 0.3) is 5.84 Å². The summed E-state index contributed by atoms with van der Waals surface area (Å²) in [5.41, 5.74) is 6.19. The van der Waals surface area contributed by atoms with Crippen molar-refractivity contribution in [1.82, 2.24) is 0 Å². The first-order chi connectivity index (χ1) is 7.43. The summed E-state index contributed by atoms with van der Waals surface area (Å²) in [7, 11) is 0. The van der Waals surface area contributed by atoms with E-state index in [0.29, 0.717) is 5.84 Å².